The quantitative estimate of drug-likeness (QED) is 0.904. The summed E-state index contributed by atoms with van der Waals surface area (Å²) in [4.78, 5) is 14.8. The van der Waals surface area contributed by atoms with Gasteiger partial charge < -0.3 is 10.1 Å². The van der Waals surface area contributed by atoms with Crippen LogP contribution in [0.3, 0.4) is 0 Å². The van der Waals surface area contributed by atoms with Gasteiger partial charge in [0.1, 0.15) is 11.4 Å². The molecule has 2 heterocycles. The van der Waals surface area contributed by atoms with Crippen LogP contribution in [0.25, 0.3) is 0 Å². The summed E-state index contributed by atoms with van der Waals surface area (Å²) < 4.78 is 6.84. The van der Waals surface area contributed by atoms with E-state index in [2.05, 4.69) is 27.4 Å². The van der Waals surface area contributed by atoms with E-state index in [-0.39, 0.29) is 11.9 Å². The molecule has 0 aliphatic carbocycles. The zero-order valence-electron chi connectivity index (χ0n) is 15.2. The first-order chi connectivity index (χ1) is 12.0. The number of amides is 1. The number of methoxy groups -OCH3 is 1. The number of aryl methyl sites for hydroxylation is 2. The van der Waals surface area contributed by atoms with Crippen LogP contribution in [0.1, 0.15) is 34.6 Å². The Kier molecular flexibility index (Phi) is 5.38. The van der Waals surface area contributed by atoms with Gasteiger partial charge in [-0.3, -0.25) is 14.4 Å². The van der Waals surface area contributed by atoms with E-state index in [0.717, 1.165) is 43.9 Å². The summed E-state index contributed by atoms with van der Waals surface area (Å²) in [6.45, 7) is 4.81. The van der Waals surface area contributed by atoms with Gasteiger partial charge in [0.05, 0.1) is 12.8 Å². The number of hydrogen-bond acceptors (Lipinski definition) is 4. The van der Waals surface area contributed by atoms with Gasteiger partial charge in [0.25, 0.3) is 5.91 Å². The van der Waals surface area contributed by atoms with Crippen molar-refractivity contribution >= 4 is 5.91 Å². The molecule has 0 bridgehead atoms. The number of likely N-dealkylation sites (tertiary alicyclic amines) is 1. The van der Waals surface area contributed by atoms with Crippen LogP contribution in [0.5, 0.6) is 5.75 Å². The van der Waals surface area contributed by atoms with Gasteiger partial charge in [-0.15, -0.1) is 0 Å². The Morgan fingerprint density at radius 1 is 1.28 bits per heavy atom. The summed E-state index contributed by atoms with van der Waals surface area (Å²) in [6.07, 6.45) is 1.94. The van der Waals surface area contributed by atoms with Crippen molar-refractivity contribution in [3.8, 4) is 5.75 Å². The highest BCUT2D eigenvalue weighted by atomic mass is 16.5. The van der Waals surface area contributed by atoms with Crippen LogP contribution in [0, 0.1) is 6.92 Å². The number of hydrogen-bond donors (Lipinski definition) is 1. The smallest absolute Gasteiger partial charge is 0.269 e. The van der Waals surface area contributed by atoms with Gasteiger partial charge in [-0.2, -0.15) is 5.10 Å². The van der Waals surface area contributed by atoms with E-state index in [9.17, 15) is 4.79 Å². The van der Waals surface area contributed by atoms with Crippen molar-refractivity contribution in [2.24, 2.45) is 7.05 Å². The van der Waals surface area contributed by atoms with Crippen LogP contribution in [0.4, 0.5) is 0 Å². The van der Waals surface area contributed by atoms with Crippen LogP contribution in [0.15, 0.2) is 30.3 Å². The molecule has 1 amide bonds. The van der Waals surface area contributed by atoms with Gasteiger partial charge in [0.15, 0.2) is 0 Å². The number of aromatic nitrogens is 2. The van der Waals surface area contributed by atoms with E-state index in [1.165, 1.54) is 5.56 Å². The molecule has 2 aromatic rings. The van der Waals surface area contributed by atoms with Crippen molar-refractivity contribution in [3.63, 3.8) is 0 Å². The lowest BCUT2D eigenvalue weighted by molar-refractivity contribution is 0.0899. The maximum absolute atomic E-state index is 12.4. The molecule has 0 atom stereocenters. The van der Waals surface area contributed by atoms with Crippen LogP contribution in [-0.2, 0) is 13.6 Å². The molecule has 134 valence electrons. The lowest BCUT2D eigenvalue weighted by Gasteiger charge is -2.32. The summed E-state index contributed by atoms with van der Waals surface area (Å²) in [5, 5.41) is 7.38. The van der Waals surface area contributed by atoms with Crippen molar-refractivity contribution in [2.75, 3.05) is 20.2 Å². The van der Waals surface area contributed by atoms with Crippen LogP contribution in [0.2, 0.25) is 0 Å². The molecule has 1 aromatic heterocycles. The summed E-state index contributed by atoms with van der Waals surface area (Å²) in [7, 11) is 3.49. The van der Waals surface area contributed by atoms with Gasteiger partial charge in [0, 0.05) is 32.7 Å². The molecule has 1 aliphatic rings. The lowest BCUT2D eigenvalue weighted by atomic mass is 10.0. The highest BCUT2D eigenvalue weighted by molar-refractivity contribution is 5.92. The molecule has 6 heteroatoms. The number of rotatable bonds is 5. The third kappa shape index (κ3) is 4.39. The van der Waals surface area contributed by atoms with E-state index in [1.54, 1.807) is 18.8 Å². The van der Waals surface area contributed by atoms with Crippen molar-refractivity contribution in [3.05, 3.63) is 47.3 Å². The third-order valence-corrected chi connectivity index (χ3v) is 4.72. The number of benzene rings is 1. The summed E-state index contributed by atoms with van der Waals surface area (Å²) in [5.41, 5.74) is 2.77. The fourth-order valence-corrected chi connectivity index (χ4v) is 3.31. The summed E-state index contributed by atoms with van der Waals surface area (Å²) in [6, 6.07) is 10.3. The standard InChI is InChI=1S/C19H26N4O2/c1-14-12-18(22(2)21-14)19(24)20-16-8-10-23(11-9-16)13-15-4-6-17(25-3)7-5-15/h4-7,12,16H,8-11,13H2,1-3H3,(H,20,24). The van der Waals surface area contributed by atoms with E-state index < -0.39 is 0 Å². The maximum Gasteiger partial charge on any atom is 0.269 e. The van der Waals surface area contributed by atoms with Gasteiger partial charge in [-0.1, -0.05) is 12.1 Å². The van der Waals surface area contributed by atoms with E-state index in [1.807, 2.05) is 25.1 Å². The third-order valence-electron chi connectivity index (χ3n) is 4.72. The molecule has 3 rings (SSSR count). The predicted molar refractivity (Wildman–Crippen MR) is 96.7 cm³/mol. The predicted octanol–water partition coefficient (Wildman–Crippen LogP) is 2.13. The first-order valence-electron chi connectivity index (χ1n) is 8.72. The van der Waals surface area contributed by atoms with E-state index in [4.69, 9.17) is 4.74 Å². The van der Waals surface area contributed by atoms with Crippen molar-refractivity contribution < 1.29 is 9.53 Å². The van der Waals surface area contributed by atoms with Gasteiger partial charge in [-0.25, -0.2) is 0 Å². The molecule has 0 radical (unpaired) electrons. The number of nitrogens with one attached hydrogen (secondary N) is 1. The van der Waals surface area contributed by atoms with Crippen molar-refractivity contribution in [2.45, 2.75) is 32.4 Å². The zero-order chi connectivity index (χ0) is 17.8. The Labute approximate surface area is 148 Å². The number of piperidine rings is 1. The summed E-state index contributed by atoms with van der Waals surface area (Å²) in [5.74, 6) is 0.854. The molecule has 1 fully saturated rings. The van der Waals surface area contributed by atoms with Crippen molar-refractivity contribution in [1.29, 1.82) is 0 Å². The van der Waals surface area contributed by atoms with Gasteiger partial charge in [0.2, 0.25) is 0 Å². The first kappa shape index (κ1) is 17.5. The number of carbonyl (C=O) groups is 1. The molecular weight excluding hydrogens is 316 g/mol. The van der Waals surface area contributed by atoms with Crippen LogP contribution < -0.4 is 10.1 Å². The van der Waals surface area contributed by atoms with E-state index >= 15 is 0 Å². The van der Waals surface area contributed by atoms with Crippen LogP contribution >= 0.6 is 0 Å². The average molecular weight is 342 g/mol. The second-order valence-corrected chi connectivity index (χ2v) is 6.67. The number of ether oxygens (including phenoxy) is 1. The Bertz CT molecular complexity index is 716. The molecule has 0 saturated carbocycles. The maximum atomic E-state index is 12.4. The second kappa shape index (κ2) is 7.70. The highest BCUT2D eigenvalue weighted by Crippen LogP contribution is 2.17. The summed E-state index contributed by atoms with van der Waals surface area (Å²) >= 11 is 0. The Hall–Kier alpha value is -2.34. The topological polar surface area (TPSA) is 59.4 Å². The average Bonchev–Trinajstić information content (AvgIpc) is 2.96. The Balaban J connectivity index is 1.48. The molecule has 1 N–H and O–H groups in total. The second-order valence-electron chi connectivity index (χ2n) is 6.67. The molecule has 1 aliphatic heterocycles. The van der Waals surface area contributed by atoms with Gasteiger partial charge in [-0.05, 0) is 43.5 Å². The molecule has 25 heavy (non-hydrogen) atoms. The minimum Gasteiger partial charge on any atom is -0.497 e. The number of carbonyl (C=O) groups excluding carboxylic acids is 1. The van der Waals surface area contributed by atoms with Gasteiger partial charge >= 0.3 is 0 Å². The lowest BCUT2D eigenvalue weighted by Crippen LogP contribution is -2.44. The Morgan fingerprint density at radius 2 is 1.96 bits per heavy atom. The zero-order valence-corrected chi connectivity index (χ0v) is 15.2. The van der Waals surface area contributed by atoms with E-state index in [0.29, 0.717) is 5.69 Å². The minimum absolute atomic E-state index is 0.0308. The SMILES string of the molecule is COc1ccc(CN2CCC(NC(=O)c3cc(C)nn3C)CC2)cc1. The molecular formula is C19H26N4O2. The number of nitrogens with zero attached hydrogens (tertiary/aromatic N) is 3. The Morgan fingerprint density at radius 3 is 2.52 bits per heavy atom. The van der Waals surface area contributed by atoms with Crippen LogP contribution in [-0.4, -0.2) is 46.8 Å². The fraction of sp³-hybridized carbons (Fsp3) is 0.474. The molecule has 1 aromatic carbocycles. The highest BCUT2D eigenvalue weighted by Gasteiger charge is 2.22. The molecule has 1 saturated heterocycles. The fourth-order valence-electron chi connectivity index (χ4n) is 3.31. The minimum atomic E-state index is -0.0308. The normalized spacial score (nSPS) is 16.0. The monoisotopic (exact) mass is 342 g/mol. The molecule has 0 spiro atoms. The molecule has 0 unspecified atom stereocenters. The molecule has 6 nitrogen and oxygen atoms in total. The first-order valence-corrected chi connectivity index (χ1v) is 8.72. The van der Waals surface area contributed by atoms with Crippen molar-refractivity contribution in [1.82, 2.24) is 20.0 Å². The largest absolute Gasteiger partial charge is 0.497 e.